The van der Waals surface area contributed by atoms with Crippen LogP contribution in [0.5, 0.6) is 5.75 Å². The lowest BCUT2D eigenvalue weighted by atomic mass is 10.1. The molecular formula is C16H19N3O2. The lowest BCUT2D eigenvalue weighted by Crippen LogP contribution is -2.51. The van der Waals surface area contributed by atoms with Crippen molar-refractivity contribution in [2.75, 3.05) is 26.7 Å². The number of piperazine rings is 1. The number of rotatable bonds is 2. The number of methoxy groups -OCH3 is 1. The summed E-state index contributed by atoms with van der Waals surface area (Å²) < 4.78 is 5.20. The van der Waals surface area contributed by atoms with Crippen LogP contribution in [0, 0.1) is 0 Å². The summed E-state index contributed by atoms with van der Waals surface area (Å²) >= 11 is 0. The Bertz CT molecular complexity index is 672. The van der Waals surface area contributed by atoms with Crippen molar-refractivity contribution in [2.24, 2.45) is 0 Å². The van der Waals surface area contributed by atoms with E-state index in [1.165, 1.54) is 0 Å². The van der Waals surface area contributed by atoms with Crippen molar-refractivity contribution in [3.05, 3.63) is 36.0 Å². The summed E-state index contributed by atoms with van der Waals surface area (Å²) in [7, 11) is 1.64. The maximum Gasteiger partial charge on any atom is 0.272 e. The molecule has 5 nitrogen and oxygen atoms in total. The Balaban J connectivity index is 1.88. The number of carbonyl (C=O) groups excluding carboxylic acids is 1. The van der Waals surface area contributed by atoms with Crippen LogP contribution in [0.25, 0.3) is 10.9 Å². The van der Waals surface area contributed by atoms with E-state index in [0.717, 1.165) is 36.3 Å². The Labute approximate surface area is 123 Å². The molecule has 0 saturated carbocycles. The van der Waals surface area contributed by atoms with Gasteiger partial charge in [-0.25, -0.2) is 4.98 Å². The van der Waals surface area contributed by atoms with E-state index >= 15 is 0 Å². The van der Waals surface area contributed by atoms with Crippen LogP contribution >= 0.6 is 0 Å². The van der Waals surface area contributed by atoms with Gasteiger partial charge in [-0.15, -0.1) is 0 Å². The van der Waals surface area contributed by atoms with Gasteiger partial charge in [0.15, 0.2) is 0 Å². The van der Waals surface area contributed by atoms with Crippen molar-refractivity contribution < 1.29 is 9.53 Å². The van der Waals surface area contributed by atoms with Crippen LogP contribution in [0.1, 0.15) is 17.4 Å². The maximum absolute atomic E-state index is 12.5. The molecule has 21 heavy (non-hydrogen) atoms. The van der Waals surface area contributed by atoms with Gasteiger partial charge in [0.05, 0.1) is 12.6 Å². The third kappa shape index (κ3) is 2.83. The summed E-state index contributed by atoms with van der Waals surface area (Å²) in [6.07, 6.45) is 0. The molecule has 1 aromatic heterocycles. The van der Waals surface area contributed by atoms with Crippen molar-refractivity contribution in [1.82, 2.24) is 15.2 Å². The Morgan fingerprint density at radius 1 is 1.38 bits per heavy atom. The minimum absolute atomic E-state index is 0.000989. The van der Waals surface area contributed by atoms with Gasteiger partial charge in [0.1, 0.15) is 11.4 Å². The van der Waals surface area contributed by atoms with Gasteiger partial charge in [-0.1, -0.05) is 6.07 Å². The summed E-state index contributed by atoms with van der Waals surface area (Å²) in [6, 6.07) is 9.69. The minimum Gasteiger partial charge on any atom is -0.497 e. The molecule has 1 saturated heterocycles. The first-order valence-corrected chi connectivity index (χ1v) is 7.15. The normalized spacial score (nSPS) is 18.8. The van der Waals surface area contributed by atoms with Crippen molar-refractivity contribution in [1.29, 1.82) is 0 Å². The van der Waals surface area contributed by atoms with Gasteiger partial charge in [-0.2, -0.15) is 0 Å². The Hall–Kier alpha value is -2.14. The fourth-order valence-electron chi connectivity index (χ4n) is 2.63. The number of aromatic nitrogens is 1. The summed E-state index contributed by atoms with van der Waals surface area (Å²) in [5.74, 6) is 0.792. The lowest BCUT2D eigenvalue weighted by Gasteiger charge is -2.31. The first-order valence-electron chi connectivity index (χ1n) is 7.15. The Morgan fingerprint density at radius 2 is 2.24 bits per heavy atom. The summed E-state index contributed by atoms with van der Waals surface area (Å²) in [6.45, 7) is 4.36. The third-order valence-corrected chi connectivity index (χ3v) is 3.77. The van der Waals surface area contributed by atoms with Crippen LogP contribution in [0.2, 0.25) is 0 Å². The largest absolute Gasteiger partial charge is 0.497 e. The van der Waals surface area contributed by atoms with Gasteiger partial charge in [0.25, 0.3) is 5.91 Å². The van der Waals surface area contributed by atoms with E-state index in [0.29, 0.717) is 11.7 Å². The molecule has 1 amide bonds. The average molecular weight is 285 g/mol. The average Bonchev–Trinajstić information content (AvgIpc) is 2.53. The second-order valence-corrected chi connectivity index (χ2v) is 5.36. The van der Waals surface area contributed by atoms with Crippen LogP contribution in [0.3, 0.4) is 0 Å². The fraction of sp³-hybridized carbons (Fsp3) is 0.375. The first-order chi connectivity index (χ1) is 10.2. The highest BCUT2D eigenvalue weighted by Gasteiger charge is 2.22. The predicted octanol–water partition coefficient (Wildman–Crippen LogP) is 1.68. The molecule has 2 aromatic rings. The van der Waals surface area contributed by atoms with Gasteiger partial charge in [-0.3, -0.25) is 4.79 Å². The van der Waals surface area contributed by atoms with Gasteiger partial charge in [0.2, 0.25) is 0 Å². The van der Waals surface area contributed by atoms with E-state index < -0.39 is 0 Å². The van der Waals surface area contributed by atoms with Crippen molar-refractivity contribution in [2.45, 2.75) is 13.0 Å². The second kappa shape index (κ2) is 5.69. The van der Waals surface area contributed by atoms with E-state index in [9.17, 15) is 4.79 Å². The van der Waals surface area contributed by atoms with Gasteiger partial charge in [-0.05, 0) is 31.2 Å². The number of nitrogens with one attached hydrogen (secondary N) is 1. The molecule has 0 unspecified atom stereocenters. The number of ether oxygens (including phenoxy) is 1. The van der Waals surface area contributed by atoms with E-state index in [4.69, 9.17) is 4.74 Å². The SMILES string of the molecule is COc1ccc2nc(C(=O)N3CCN[C@H](C)C3)ccc2c1. The van der Waals surface area contributed by atoms with Gasteiger partial charge in [0, 0.05) is 31.1 Å². The van der Waals surface area contributed by atoms with Crippen molar-refractivity contribution in [3.8, 4) is 5.75 Å². The highest BCUT2D eigenvalue weighted by Crippen LogP contribution is 2.20. The van der Waals surface area contributed by atoms with Gasteiger partial charge < -0.3 is 15.0 Å². The summed E-state index contributed by atoms with van der Waals surface area (Å²) in [5, 5.41) is 4.30. The number of carbonyl (C=O) groups is 1. The zero-order valence-electron chi connectivity index (χ0n) is 12.3. The van der Waals surface area contributed by atoms with Crippen LogP contribution in [-0.2, 0) is 0 Å². The number of nitrogens with zero attached hydrogens (tertiary/aromatic N) is 2. The topological polar surface area (TPSA) is 54.5 Å². The van der Waals surface area contributed by atoms with Gasteiger partial charge >= 0.3 is 0 Å². The van der Waals surface area contributed by atoms with Crippen LogP contribution in [0.15, 0.2) is 30.3 Å². The van der Waals surface area contributed by atoms with Crippen LogP contribution in [0.4, 0.5) is 0 Å². The molecule has 0 aliphatic carbocycles. The number of hydrogen-bond donors (Lipinski definition) is 1. The molecule has 0 radical (unpaired) electrons. The molecule has 110 valence electrons. The molecular weight excluding hydrogens is 266 g/mol. The third-order valence-electron chi connectivity index (χ3n) is 3.77. The number of pyridine rings is 1. The van der Waals surface area contributed by atoms with E-state index in [2.05, 4.69) is 17.2 Å². The van der Waals surface area contributed by atoms with Crippen molar-refractivity contribution >= 4 is 16.8 Å². The highest BCUT2D eigenvalue weighted by atomic mass is 16.5. The molecule has 0 bridgehead atoms. The number of hydrogen-bond acceptors (Lipinski definition) is 4. The maximum atomic E-state index is 12.5. The number of benzene rings is 1. The molecule has 0 spiro atoms. The van der Waals surface area contributed by atoms with E-state index in [1.807, 2.05) is 29.2 Å². The molecule has 1 aliphatic rings. The Kier molecular flexibility index (Phi) is 3.75. The summed E-state index contributed by atoms with van der Waals surface area (Å²) in [4.78, 5) is 18.9. The number of fused-ring (bicyclic) bond motifs is 1. The monoisotopic (exact) mass is 285 g/mol. The molecule has 1 N–H and O–H groups in total. The standard InChI is InChI=1S/C16H19N3O2/c1-11-10-19(8-7-17-11)16(20)15-5-3-12-9-13(21-2)4-6-14(12)18-15/h3-6,9,11,17H,7-8,10H2,1-2H3/t11-/m1/s1. The number of amides is 1. The molecule has 1 atom stereocenters. The minimum atomic E-state index is 0.000989. The molecule has 1 aliphatic heterocycles. The van der Waals surface area contributed by atoms with Crippen LogP contribution < -0.4 is 10.1 Å². The van der Waals surface area contributed by atoms with Crippen molar-refractivity contribution in [3.63, 3.8) is 0 Å². The molecule has 3 rings (SSSR count). The highest BCUT2D eigenvalue weighted by molar-refractivity contribution is 5.95. The fourth-order valence-corrected chi connectivity index (χ4v) is 2.63. The zero-order chi connectivity index (χ0) is 14.8. The lowest BCUT2D eigenvalue weighted by molar-refractivity contribution is 0.0703. The first kappa shape index (κ1) is 13.8. The quantitative estimate of drug-likeness (QED) is 0.912. The molecule has 5 heteroatoms. The smallest absolute Gasteiger partial charge is 0.272 e. The molecule has 1 aromatic carbocycles. The van der Waals surface area contributed by atoms with Crippen LogP contribution in [-0.4, -0.2) is 48.6 Å². The second-order valence-electron chi connectivity index (χ2n) is 5.36. The molecule has 2 heterocycles. The zero-order valence-corrected chi connectivity index (χ0v) is 12.3. The predicted molar refractivity (Wildman–Crippen MR) is 81.7 cm³/mol. The Morgan fingerprint density at radius 3 is 3.00 bits per heavy atom. The van der Waals surface area contributed by atoms with E-state index in [1.54, 1.807) is 13.2 Å². The van der Waals surface area contributed by atoms with E-state index in [-0.39, 0.29) is 5.91 Å². The molecule has 1 fully saturated rings. The summed E-state index contributed by atoms with van der Waals surface area (Å²) in [5.41, 5.74) is 1.31.